The summed E-state index contributed by atoms with van der Waals surface area (Å²) in [5.74, 6) is -3.36. The molecule has 13 nitrogen and oxygen atoms in total. The summed E-state index contributed by atoms with van der Waals surface area (Å²) in [6, 6.07) is 0.642. The van der Waals surface area contributed by atoms with E-state index in [9.17, 15) is 29.4 Å². The van der Waals surface area contributed by atoms with Crippen LogP contribution in [0.4, 0.5) is 0 Å². The molecule has 2 amide bonds. The molecule has 0 saturated carbocycles. The monoisotopic (exact) mass is 512 g/mol. The van der Waals surface area contributed by atoms with Crippen LogP contribution in [-0.2, 0) is 25.7 Å². The molecule has 0 radical (unpaired) electrons. The van der Waals surface area contributed by atoms with Crippen LogP contribution in [0.3, 0.4) is 0 Å². The van der Waals surface area contributed by atoms with E-state index < -0.39 is 47.8 Å². The molecule has 0 aliphatic carbocycles. The Morgan fingerprint density at radius 3 is 2.79 bits per heavy atom. The number of fused-ring (bicyclic) bond motifs is 1. The first-order chi connectivity index (χ1) is 15.8. The van der Waals surface area contributed by atoms with Gasteiger partial charge < -0.3 is 20.6 Å². The number of β-lactam (4-membered cyclic amide) rings is 1. The summed E-state index contributed by atoms with van der Waals surface area (Å²) in [7, 11) is 0. The minimum absolute atomic E-state index is 0.124. The summed E-state index contributed by atoms with van der Waals surface area (Å²) in [6.45, 7) is -0.444. The van der Waals surface area contributed by atoms with Gasteiger partial charge in [0, 0.05) is 17.1 Å². The van der Waals surface area contributed by atoms with Crippen molar-refractivity contribution in [2.45, 2.75) is 29.2 Å². The number of aromatic nitrogens is 4. The average molecular weight is 513 g/mol. The molecular weight excluding hydrogens is 496 g/mol. The van der Waals surface area contributed by atoms with Crippen molar-refractivity contribution < 1.29 is 34.5 Å². The van der Waals surface area contributed by atoms with E-state index >= 15 is 0 Å². The van der Waals surface area contributed by atoms with Crippen molar-refractivity contribution in [1.82, 2.24) is 30.4 Å². The molecule has 4 N–H and O–H groups in total. The van der Waals surface area contributed by atoms with Crippen molar-refractivity contribution in [1.29, 1.82) is 0 Å². The Morgan fingerprint density at radius 1 is 1.33 bits per heavy atom. The van der Waals surface area contributed by atoms with E-state index in [0.29, 0.717) is 11.1 Å². The third-order valence-electron chi connectivity index (χ3n) is 4.81. The molecule has 1 unspecified atom stereocenters. The van der Waals surface area contributed by atoms with Crippen LogP contribution in [0, 0.1) is 0 Å². The quantitative estimate of drug-likeness (QED) is 0.247. The van der Waals surface area contributed by atoms with Crippen molar-refractivity contribution in [3.05, 3.63) is 33.7 Å². The number of rotatable bonds is 9. The lowest BCUT2D eigenvalue weighted by molar-refractivity contribution is -0.151. The molecule has 2 aromatic heterocycles. The first-order valence-corrected chi connectivity index (χ1v) is 12.3. The molecule has 16 heteroatoms. The zero-order valence-electron chi connectivity index (χ0n) is 16.5. The molecule has 0 aromatic carbocycles. The van der Waals surface area contributed by atoms with Crippen LogP contribution in [-0.4, -0.2) is 87.1 Å². The summed E-state index contributed by atoms with van der Waals surface area (Å²) in [4.78, 5) is 49.0. The second-order valence-electron chi connectivity index (χ2n) is 6.91. The molecule has 2 aromatic rings. The number of thiophene rings is 1. The van der Waals surface area contributed by atoms with Gasteiger partial charge in [0.15, 0.2) is 6.10 Å². The predicted octanol–water partition coefficient (Wildman–Crippen LogP) is -0.617. The highest BCUT2D eigenvalue weighted by Gasteiger charge is 2.54. The summed E-state index contributed by atoms with van der Waals surface area (Å²) >= 11 is 3.65. The molecular formula is C17H16N6O7S3. The van der Waals surface area contributed by atoms with Gasteiger partial charge in [-0.25, -0.2) is 9.48 Å². The van der Waals surface area contributed by atoms with E-state index in [2.05, 4.69) is 20.8 Å². The number of aliphatic hydroxyl groups is 1. The van der Waals surface area contributed by atoms with Crippen LogP contribution in [0.2, 0.25) is 0 Å². The molecule has 1 fully saturated rings. The lowest BCUT2D eigenvalue weighted by Gasteiger charge is -2.49. The third-order valence-corrected chi connectivity index (χ3v) is 7.90. The highest BCUT2D eigenvalue weighted by molar-refractivity contribution is 8.01. The number of carbonyl (C=O) groups excluding carboxylic acids is 2. The zero-order valence-corrected chi connectivity index (χ0v) is 19.0. The Hall–Kier alpha value is -2.95. The molecule has 174 valence electrons. The number of tetrazole rings is 1. The Bertz CT molecular complexity index is 1130. The van der Waals surface area contributed by atoms with Crippen LogP contribution < -0.4 is 5.32 Å². The fraction of sp³-hybridized carbons (Fsp3) is 0.353. The summed E-state index contributed by atoms with van der Waals surface area (Å²) < 4.78 is 1.08. The lowest BCUT2D eigenvalue weighted by atomic mass is 10.0. The second kappa shape index (κ2) is 9.50. The van der Waals surface area contributed by atoms with Gasteiger partial charge in [-0.05, 0) is 32.8 Å². The standard InChI is InChI=1S/C17H16N6O7S3/c24-9(25)3-22-17(19-20-21-22)33-6-8-5-32-15-10(14(28)23(15)11(8)16(29)30)18-13(27)12(26)7-1-2-31-4-7/h1-2,4,10,12,15,26H,3,5-6H2,(H,18,27)(H,24,25)(H,29,30)/t10?,12-,15-/m1/s1. The van der Waals surface area contributed by atoms with Crippen molar-refractivity contribution in [2.24, 2.45) is 0 Å². The maximum Gasteiger partial charge on any atom is 0.352 e. The summed E-state index contributed by atoms with van der Waals surface area (Å²) in [6.07, 6.45) is -1.43. The molecule has 2 aliphatic rings. The van der Waals surface area contributed by atoms with E-state index in [1.165, 1.54) is 23.1 Å². The number of hydrogen-bond donors (Lipinski definition) is 4. The first-order valence-electron chi connectivity index (χ1n) is 9.29. The molecule has 0 bridgehead atoms. The second-order valence-corrected chi connectivity index (χ2v) is 9.74. The highest BCUT2D eigenvalue weighted by atomic mass is 32.2. The number of aliphatic carboxylic acids is 2. The summed E-state index contributed by atoms with van der Waals surface area (Å²) in [5.41, 5.74) is 0.667. The Labute approximate surface area is 197 Å². The largest absolute Gasteiger partial charge is 0.480 e. The molecule has 33 heavy (non-hydrogen) atoms. The van der Waals surface area contributed by atoms with Gasteiger partial charge in [0.1, 0.15) is 23.7 Å². The topological polar surface area (TPSA) is 188 Å². The van der Waals surface area contributed by atoms with Crippen LogP contribution in [0.25, 0.3) is 0 Å². The van der Waals surface area contributed by atoms with E-state index in [1.54, 1.807) is 16.8 Å². The normalized spacial score (nSPS) is 20.8. The molecule has 1 saturated heterocycles. The number of amides is 2. The van der Waals surface area contributed by atoms with E-state index in [0.717, 1.165) is 21.3 Å². The molecule has 4 rings (SSSR count). The third kappa shape index (κ3) is 4.59. The Morgan fingerprint density at radius 2 is 2.12 bits per heavy atom. The fourth-order valence-corrected chi connectivity index (χ4v) is 6.33. The van der Waals surface area contributed by atoms with Crippen LogP contribution in [0.15, 0.2) is 33.3 Å². The van der Waals surface area contributed by atoms with Gasteiger partial charge in [-0.15, -0.1) is 16.9 Å². The molecule has 0 spiro atoms. The highest BCUT2D eigenvalue weighted by Crippen LogP contribution is 2.41. The number of nitrogens with one attached hydrogen (secondary N) is 1. The minimum Gasteiger partial charge on any atom is -0.480 e. The van der Waals surface area contributed by atoms with Crippen molar-refractivity contribution >= 4 is 58.6 Å². The van der Waals surface area contributed by atoms with Gasteiger partial charge in [0.25, 0.3) is 11.8 Å². The molecule has 3 atom stereocenters. The number of aliphatic hydroxyl groups excluding tert-OH is 1. The SMILES string of the molecule is O=C(O)Cn1nnnc1SCC1=C(C(=O)O)N2C(=O)C(NC(=O)[C@H](O)c3ccsc3)[C@H]2SC1. The van der Waals surface area contributed by atoms with E-state index in [-0.39, 0.29) is 22.4 Å². The average Bonchev–Trinajstić information content (AvgIpc) is 3.46. The van der Waals surface area contributed by atoms with Gasteiger partial charge >= 0.3 is 11.9 Å². The lowest BCUT2D eigenvalue weighted by Crippen LogP contribution is -2.70. The van der Waals surface area contributed by atoms with Crippen molar-refractivity contribution in [3.8, 4) is 0 Å². The zero-order chi connectivity index (χ0) is 23.7. The van der Waals surface area contributed by atoms with Crippen molar-refractivity contribution in [2.75, 3.05) is 11.5 Å². The van der Waals surface area contributed by atoms with Gasteiger partial charge in [-0.1, -0.05) is 11.8 Å². The molecule has 2 aliphatic heterocycles. The van der Waals surface area contributed by atoms with Gasteiger partial charge in [-0.2, -0.15) is 11.3 Å². The van der Waals surface area contributed by atoms with Gasteiger partial charge in [-0.3, -0.25) is 19.3 Å². The Kier molecular flexibility index (Phi) is 6.68. The number of carboxylic acid groups (broad SMARTS) is 2. The maximum absolute atomic E-state index is 12.7. The van der Waals surface area contributed by atoms with Crippen molar-refractivity contribution in [3.63, 3.8) is 0 Å². The van der Waals surface area contributed by atoms with Crippen LogP contribution in [0.1, 0.15) is 11.7 Å². The van der Waals surface area contributed by atoms with E-state index in [1.807, 2.05) is 0 Å². The molecule has 4 heterocycles. The number of thioether (sulfide) groups is 2. The van der Waals surface area contributed by atoms with Crippen LogP contribution in [0.5, 0.6) is 0 Å². The number of carboxylic acids is 2. The number of carbonyl (C=O) groups is 4. The maximum atomic E-state index is 12.7. The fourth-order valence-electron chi connectivity index (χ4n) is 3.29. The van der Waals surface area contributed by atoms with Crippen LogP contribution >= 0.6 is 34.9 Å². The number of hydrogen-bond acceptors (Lipinski definition) is 11. The Balaban J connectivity index is 1.45. The number of nitrogens with zero attached hydrogens (tertiary/aromatic N) is 5. The predicted molar refractivity (Wildman–Crippen MR) is 115 cm³/mol. The minimum atomic E-state index is -1.43. The first kappa shape index (κ1) is 23.2. The van der Waals surface area contributed by atoms with Gasteiger partial charge in [0.2, 0.25) is 5.16 Å². The smallest absolute Gasteiger partial charge is 0.352 e. The van der Waals surface area contributed by atoms with Gasteiger partial charge in [0.05, 0.1) is 0 Å². The van der Waals surface area contributed by atoms with E-state index in [4.69, 9.17) is 5.11 Å². The summed E-state index contributed by atoms with van der Waals surface area (Å²) in [5, 5.41) is 45.0.